The number of esters is 1. The van der Waals surface area contributed by atoms with E-state index in [1.165, 1.54) is 0 Å². The second kappa shape index (κ2) is 5.08. The van der Waals surface area contributed by atoms with Gasteiger partial charge < -0.3 is 9.30 Å². The molecule has 0 aliphatic rings. The van der Waals surface area contributed by atoms with Crippen LogP contribution in [0.2, 0.25) is 0 Å². The number of aromatic nitrogens is 5. The smallest absolute Gasteiger partial charge is 0.356 e. The molecule has 0 N–H and O–H groups in total. The quantitative estimate of drug-likeness (QED) is 0.685. The van der Waals surface area contributed by atoms with Crippen LogP contribution in [0.25, 0.3) is 17.0 Å². The lowest BCUT2D eigenvalue weighted by atomic mass is 10.3. The summed E-state index contributed by atoms with van der Waals surface area (Å²) < 4.78 is 10.4. The van der Waals surface area contributed by atoms with E-state index in [0.717, 1.165) is 17.8 Å². The fourth-order valence-corrected chi connectivity index (χ4v) is 2.26. The van der Waals surface area contributed by atoms with E-state index in [9.17, 15) is 4.79 Å². The van der Waals surface area contributed by atoms with Gasteiger partial charge in [-0.1, -0.05) is 0 Å². The molecule has 7 nitrogen and oxygen atoms in total. The molecular formula is C14H17N5O2. The number of hydrogen-bond donors (Lipinski definition) is 0. The second-order valence-electron chi connectivity index (χ2n) is 4.71. The zero-order valence-electron chi connectivity index (χ0n) is 12.3. The zero-order valence-corrected chi connectivity index (χ0v) is 12.3. The first kappa shape index (κ1) is 13.4. The molecule has 0 unspecified atom stereocenters. The fourth-order valence-electron chi connectivity index (χ4n) is 2.26. The second-order valence-corrected chi connectivity index (χ2v) is 4.71. The van der Waals surface area contributed by atoms with Crippen molar-refractivity contribution in [1.82, 2.24) is 23.7 Å². The van der Waals surface area contributed by atoms with Gasteiger partial charge in [0.2, 0.25) is 5.78 Å². The van der Waals surface area contributed by atoms with E-state index >= 15 is 0 Å². The van der Waals surface area contributed by atoms with Gasteiger partial charge in [0.05, 0.1) is 18.5 Å². The molecule has 0 saturated carbocycles. The van der Waals surface area contributed by atoms with Crippen molar-refractivity contribution in [3.05, 3.63) is 30.5 Å². The Kier molecular flexibility index (Phi) is 3.25. The predicted molar refractivity (Wildman–Crippen MR) is 77.0 cm³/mol. The van der Waals surface area contributed by atoms with E-state index in [1.807, 2.05) is 28.4 Å². The standard InChI is InChI=1S/C14H17N5O2/c1-4-19-7-10(6-15-19)11-8-18-9-12(13(20)21-5-2)17(3)14(18)16-11/h6-9H,4-5H2,1-3H3. The fraction of sp³-hybridized carbons (Fsp3) is 0.357. The SMILES string of the molecule is CCOC(=O)c1cn2cc(-c3cnn(CC)c3)nc2n1C. The van der Waals surface area contributed by atoms with Gasteiger partial charge >= 0.3 is 5.97 Å². The molecule has 3 aromatic rings. The van der Waals surface area contributed by atoms with Crippen molar-refractivity contribution in [1.29, 1.82) is 0 Å². The van der Waals surface area contributed by atoms with Crippen molar-refractivity contribution < 1.29 is 9.53 Å². The van der Waals surface area contributed by atoms with E-state index in [-0.39, 0.29) is 5.97 Å². The van der Waals surface area contributed by atoms with Crippen LogP contribution in [0.15, 0.2) is 24.8 Å². The normalized spacial score (nSPS) is 11.2. The summed E-state index contributed by atoms with van der Waals surface area (Å²) in [6.07, 6.45) is 7.36. The van der Waals surface area contributed by atoms with Gasteiger partial charge in [-0.15, -0.1) is 0 Å². The Morgan fingerprint density at radius 2 is 2.10 bits per heavy atom. The highest BCUT2D eigenvalue weighted by Crippen LogP contribution is 2.20. The largest absolute Gasteiger partial charge is 0.461 e. The summed E-state index contributed by atoms with van der Waals surface area (Å²) in [5.41, 5.74) is 2.27. The molecule has 21 heavy (non-hydrogen) atoms. The highest BCUT2D eigenvalue weighted by molar-refractivity contribution is 5.88. The first-order valence-corrected chi connectivity index (χ1v) is 6.88. The van der Waals surface area contributed by atoms with Crippen molar-refractivity contribution in [2.45, 2.75) is 20.4 Å². The maximum Gasteiger partial charge on any atom is 0.356 e. The van der Waals surface area contributed by atoms with Crippen LogP contribution in [-0.2, 0) is 18.3 Å². The van der Waals surface area contributed by atoms with Gasteiger partial charge in [-0.3, -0.25) is 9.08 Å². The van der Waals surface area contributed by atoms with Gasteiger partial charge in [-0.05, 0) is 13.8 Å². The lowest BCUT2D eigenvalue weighted by Crippen LogP contribution is -2.09. The molecular weight excluding hydrogens is 270 g/mol. The van der Waals surface area contributed by atoms with Crippen molar-refractivity contribution in [2.24, 2.45) is 7.05 Å². The molecule has 0 spiro atoms. The monoisotopic (exact) mass is 287 g/mol. The van der Waals surface area contributed by atoms with Crippen LogP contribution in [0.5, 0.6) is 0 Å². The van der Waals surface area contributed by atoms with Crippen LogP contribution in [0.1, 0.15) is 24.3 Å². The first-order valence-electron chi connectivity index (χ1n) is 6.88. The molecule has 3 rings (SSSR count). The highest BCUT2D eigenvalue weighted by atomic mass is 16.5. The minimum Gasteiger partial charge on any atom is -0.461 e. The molecule has 7 heteroatoms. The molecule has 0 aliphatic heterocycles. The van der Waals surface area contributed by atoms with E-state index in [2.05, 4.69) is 10.1 Å². The Hall–Kier alpha value is -2.57. The van der Waals surface area contributed by atoms with Crippen molar-refractivity contribution in [3.8, 4) is 11.3 Å². The van der Waals surface area contributed by atoms with Gasteiger partial charge in [0.1, 0.15) is 5.69 Å². The number of hydrogen-bond acceptors (Lipinski definition) is 4. The van der Waals surface area contributed by atoms with Gasteiger partial charge in [-0.25, -0.2) is 9.78 Å². The number of carbonyl (C=O) groups is 1. The lowest BCUT2D eigenvalue weighted by Gasteiger charge is -2.01. The van der Waals surface area contributed by atoms with Crippen LogP contribution >= 0.6 is 0 Å². The van der Waals surface area contributed by atoms with Crippen molar-refractivity contribution >= 4 is 11.7 Å². The summed E-state index contributed by atoms with van der Waals surface area (Å²) in [5.74, 6) is 0.350. The van der Waals surface area contributed by atoms with Gasteiger partial charge in [0.25, 0.3) is 0 Å². The predicted octanol–water partition coefficient (Wildman–Crippen LogP) is 1.73. The number of ether oxygens (including phenoxy) is 1. The lowest BCUT2D eigenvalue weighted by molar-refractivity contribution is 0.0515. The topological polar surface area (TPSA) is 66.3 Å². The van der Waals surface area contributed by atoms with E-state index in [0.29, 0.717) is 18.1 Å². The third-order valence-electron chi connectivity index (χ3n) is 3.37. The summed E-state index contributed by atoms with van der Waals surface area (Å²) >= 11 is 0. The summed E-state index contributed by atoms with van der Waals surface area (Å²) in [7, 11) is 1.80. The molecule has 0 atom stereocenters. The van der Waals surface area contributed by atoms with E-state index < -0.39 is 0 Å². The average molecular weight is 287 g/mol. The van der Waals surface area contributed by atoms with Crippen molar-refractivity contribution in [2.75, 3.05) is 6.61 Å². The molecule has 0 aliphatic carbocycles. The van der Waals surface area contributed by atoms with Crippen LogP contribution < -0.4 is 0 Å². The summed E-state index contributed by atoms with van der Waals surface area (Å²) in [6, 6.07) is 0. The molecule has 3 aromatic heterocycles. The van der Waals surface area contributed by atoms with Gasteiger partial charge in [0.15, 0.2) is 0 Å². The molecule has 0 saturated heterocycles. The van der Waals surface area contributed by atoms with Gasteiger partial charge in [0, 0.05) is 37.7 Å². The molecule has 0 radical (unpaired) electrons. The first-order chi connectivity index (χ1) is 10.1. The van der Waals surface area contributed by atoms with Crippen LogP contribution in [-0.4, -0.2) is 36.3 Å². The van der Waals surface area contributed by atoms with Gasteiger partial charge in [-0.2, -0.15) is 5.10 Å². The molecule has 3 heterocycles. The third-order valence-corrected chi connectivity index (χ3v) is 3.37. The van der Waals surface area contributed by atoms with Crippen LogP contribution in [0, 0.1) is 0 Å². The van der Waals surface area contributed by atoms with E-state index in [4.69, 9.17) is 4.74 Å². The maximum atomic E-state index is 11.8. The number of rotatable bonds is 4. The molecule has 0 fully saturated rings. The number of aryl methyl sites for hydroxylation is 2. The minimum atomic E-state index is -0.342. The minimum absolute atomic E-state index is 0.342. The summed E-state index contributed by atoms with van der Waals surface area (Å²) in [6.45, 7) is 5.00. The average Bonchev–Trinajstić information content (AvgIpc) is 3.14. The third kappa shape index (κ3) is 2.20. The Morgan fingerprint density at radius 3 is 2.71 bits per heavy atom. The zero-order chi connectivity index (χ0) is 15.0. The Morgan fingerprint density at radius 1 is 1.29 bits per heavy atom. The number of imidazole rings is 2. The highest BCUT2D eigenvalue weighted by Gasteiger charge is 2.17. The number of fused-ring (bicyclic) bond motifs is 1. The molecule has 0 amide bonds. The number of carbonyl (C=O) groups excluding carboxylic acids is 1. The molecule has 0 aromatic carbocycles. The van der Waals surface area contributed by atoms with Crippen LogP contribution in [0.3, 0.4) is 0 Å². The summed E-state index contributed by atoms with van der Waals surface area (Å²) in [5, 5.41) is 4.24. The molecule has 110 valence electrons. The Balaban J connectivity index is 2.00. The van der Waals surface area contributed by atoms with Crippen molar-refractivity contribution in [3.63, 3.8) is 0 Å². The number of nitrogens with zero attached hydrogens (tertiary/aromatic N) is 5. The maximum absolute atomic E-state index is 11.8. The molecule has 0 bridgehead atoms. The Bertz CT molecular complexity index is 796. The van der Waals surface area contributed by atoms with Crippen LogP contribution in [0.4, 0.5) is 0 Å². The summed E-state index contributed by atoms with van der Waals surface area (Å²) in [4.78, 5) is 16.4. The Labute approximate surface area is 121 Å². The van der Waals surface area contributed by atoms with E-state index in [1.54, 1.807) is 30.9 Å².